The number of anilines is 1. The van der Waals surface area contributed by atoms with Gasteiger partial charge >= 0.3 is 10.2 Å². The number of aliphatic hydroxyl groups is 1. The molecule has 0 radical (unpaired) electrons. The fourth-order valence-electron chi connectivity index (χ4n) is 5.90. The molecule has 3 aromatic rings. The number of fused-ring (bicyclic) bond motifs is 1. The van der Waals surface area contributed by atoms with E-state index in [0.29, 0.717) is 23.0 Å². The predicted molar refractivity (Wildman–Crippen MR) is 151 cm³/mol. The summed E-state index contributed by atoms with van der Waals surface area (Å²) in [5.41, 5.74) is -1.46. The van der Waals surface area contributed by atoms with Crippen LogP contribution in [0.25, 0.3) is 10.9 Å². The quantitative estimate of drug-likeness (QED) is 0.202. The Labute approximate surface area is 252 Å². The van der Waals surface area contributed by atoms with Crippen molar-refractivity contribution in [1.29, 1.82) is 5.26 Å². The zero-order valence-corrected chi connectivity index (χ0v) is 24.5. The van der Waals surface area contributed by atoms with Gasteiger partial charge in [-0.15, -0.1) is 0 Å². The number of carbonyl (C=O) groups is 2. The number of halogens is 7. The third-order valence-electron chi connectivity index (χ3n) is 8.10. The highest BCUT2D eigenvalue weighted by Gasteiger charge is 2.65. The van der Waals surface area contributed by atoms with Crippen LogP contribution in [0.15, 0.2) is 53.8 Å². The van der Waals surface area contributed by atoms with Crippen molar-refractivity contribution in [2.45, 2.75) is 73.6 Å². The molecule has 2 aromatic heterocycles. The maximum atomic E-state index is 14.3. The normalized spacial score (nSPS) is 24.4. The van der Waals surface area contributed by atoms with E-state index in [1.165, 1.54) is 25.5 Å². The van der Waals surface area contributed by atoms with Crippen molar-refractivity contribution in [2.75, 3.05) is 11.4 Å². The van der Waals surface area contributed by atoms with Crippen LogP contribution in [0.2, 0.25) is 0 Å². The molecule has 244 valence electrons. The Kier molecular flexibility index (Phi) is 7.36. The average molecular weight is 663 g/mol. The van der Waals surface area contributed by atoms with E-state index in [4.69, 9.17) is 0 Å². The number of hydrogen-bond acceptors (Lipinski definition) is 6. The number of aromatic nitrogens is 2. The molecule has 3 heterocycles. The van der Waals surface area contributed by atoms with Gasteiger partial charge < -0.3 is 15.4 Å². The van der Waals surface area contributed by atoms with Crippen molar-refractivity contribution < 1.29 is 42.9 Å². The second kappa shape index (κ2) is 10.2. The third-order valence-corrected chi connectivity index (χ3v) is 9.27. The van der Waals surface area contributed by atoms with E-state index in [0.717, 1.165) is 9.80 Å². The number of hydrogen-bond donors (Lipinski definition) is 3. The molecule has 2 aliphatic rings. The standard InChI is InChI=1S/C28H29F7N6O3S/c1-27(44)12-23(40(15-27)16-36)26(43)41(18-2-4-19(5-3-18)45(31,32,33,34)35)24(21-13-37-14-22-20(21)8-11-38-22)25(42)39-17-6-9-28(29,30)10-7-17/h2-5,8,11,13-14,17,23-24,38,44H,6-7,9-10,12,15H2,1H3,(H,39,42). The number of carbonyl (C=O) groups excluding carboxylic acids is 2. The minimum atomic E-state index is -10.1. The number of likely N-dealkylation sites (tertiary alicyclic amines) is 1. The molecule has 3 atom stereocenters. The van der Waals surface area contributed by atoms with E-state index in [-0.39, 0.29) is 43.5 Å². The molecule has 5 rings (SSSR count). The molecule has 3 unspecified atom stereocenters. The Bertz CT molecular complexity index is 1670. The van der Waals surface area contributed by atoms with E-state index in [9.17, 15) is 48.2 Å². The molecule has 17 heteroatoms. The zero-order chi connectivity index (χ0) is 33.1. The van der Waals surface area contributed by atoms with Gasteiger partial charge in [0.1, 0.15) is 17.0 Å². The number of aromatic amines is 1. The van der Waals surface area contributed by atoms with Gasteiger partial charge in [0, 0.05) is 54.3 Å². The summed E-state index contributed by atoms with van der Waals surface area (Å²) in [5.74, 6) is -4.83. The van der Waals surface area contributed by atoms with Crippen molar-refractivity contribution in [3.63, 3.8) is 0 Å². The topological polar surface area (TPSA) is 125 Å². The van der Waals surface area contributed by atoms with Crippen molar-refractivity contribution in [3.8, 4) is 6.19 Å². The molecule has 1 saturated heterocycles. The van der Waals surface area contributed by atoms with E-state index < -0.39 is 75.1 Å². The number of amides is 2. The van der Waals surface area contributed by atoms with Gasteiger partial charge in [0.15, 0.2) is 6.19 Å². The molecule has 1 saturated carbocycles. The smallest absolute Gasteiger partial charge is 0.310 e. The van der Waals surface area contributed by atoms with Crippen LogP contribution >= 0.6 is 10.2 Å². The Balaban J connectivity index is 1.66. The highest BCUT2D eigenvalue weighted by molar-refractivity contribution is 8.45. The van der Waals surface area contributed by atoms with E-state index in [2.05, 4.69) is 15.3 Å². The van der Waals surface area contributed by atoms with Crippen LogP contribution in [0.4, 0.5) is 33.9 Å². The van der Waals surface area contributed by atoms with Crippen LogP contribution in [-0.4, -0.2) is 61.9 Å². The molecular formula is C28H29F7N6O3S. The summed E-state index contributed by atoms with van der Waals surface area (Å²) < 4.78 is 95.7. The lowest BCUT2D eigenvalue weighted by atomic mass is 9.91. The van der Waals surface area contributed by atoms with Crippen LogP contribution in [-0.2, 0) is 9.59 Å². The molecule has 0 bridgehead atoms. The first kappa shape index (κ1) is 32.4. The number of H-pyrrole nitrogens is 1. The van der Waals surface area contributed by atoms with E-state index >= 15 is 0 Å². The van der Waals surface area contributed by atoms with Gasteiger partial charge in [-0.25, -0.2) is 8.78 Å². The number of nitrogens with one attached hydrogen (secondary N) is 2. The molecule has 3 N–H and O–H groups in total. The maximum absolute atomic E-state index is 14.3. The van der Waals surface area contributed by atoms with Crippen molar-refractivity contribution in [2.24, 2.45) is 0 Å². The van der Waals surface area contributed by atoms with Gasteiger partial charge in [-0.2, -0.15) is 5.26 Å². The summed E-state index contributed by atoms with van der Waals surface area (Å²) in [6.07, 6.45) is 4.44. The van der Waals surface area contributed by atoms with E-state index in [1.54, 1.807) is 12.3 Å². The SMILES string of the molecule is CC1(O)CC(C(=O)N(c2ccc(S(F)(F)(F)(F)F)cc2)C(C(=O)NC2CCC(F)(F)CC2)c2cncc3[nH]ccc23)N(C#N)C1. The molecule has 0 spiro atoms. The molecule has 1 aliphatic carbocycles. The highest BCUT2D eigenvalue weighted by Crippen LogP contribution is 3.02. The maximum Gasteiger partial charge on any atom is 0.310 e. The first-order valence-electron chi connectivity index (χ1n) is 13.8. The van der Waals surface area contributed by atoms with Crippen molar-refractivity contribution in [3.05, 3.63) is 54.5 Å². The number of benzene rings is 1. The largest absolute Gasteiger partial charge is 0.388 e. The van der Waals surface area contributed by atoms with Gasteiger partial charge in [0.25, 0.3) is 5.91 Å². The number of pyridine rings is 1. The predicted octanol–water partition coefficient (Wildman–Crippen LogP) is 6.30. The van der Waals surface area contributed by atoms with Crippen LogP contribution in [0.5, 0.6) is 0 Å². The van der Waals surface area contributed by atoms with Crippen LogP contribution < -0.4 is 10.2 Å². The Morgan fingerprint density at radius 2 is 1.78 bits per heavy atom. The molecule has 45 heavy (non-hydrogen) atoms. The molecule has 1 aromatic carbocycles. The Morgan fingerprint density at radius 3 is 2.38 bits per heavy atom. The minimum Gasteiger partial charge on any atom is -0.388 e. The molecular weight excluding hydrogens is 633 g/mol. The van der Waals surface area contributed by atoms with Gasteiger partial charge in [0.2, 0.25) is 11.8 Å². The summed E-state index contributed by atoms with van der Waals surface area (Å²) in [6, 6.07) is -0.897. The van der Waals surface area contributed by atoms with Crippen molar-refractivity contribution in [1.82, 2.24) is 20.2 Å². The summed E-state index contributed by atoms with van der Waals surface area (Å²) in [6.45, 7) is 1.09. The fourth-order valence-corrected chi connectivity index (χ4v) is 6.56. The lowest BCUT2D eigenvalue weighted by molar-refractivity contribution is -0.129. The summed E-state index contributed by atoms with van der Waals surface area (Å²) in [7, 11) is -10.1. The third kappa shape index (κ3) is 6.81. The Hall–Kier alpha value is -4.04. The lowest BCUT2D eigenvalue weighted by Crippen LogP contribution is -2.52. The monoisotopic (exact) mass is 662 g/mol. The number of rotatable bonds is 7. The summed E-state index contributed by atoms with van der Waals surface area (Å²) in [5, 5.41) is 23.4. The number of nitrogens with zero attached hydrogens (tertiary/aromatic N) is 4. The van der Waals surface area contributed by atoms with Gasteiger partial charge in [-0.1, -0.05) is 19.4 Å². The second-order valence-corrected chi connectivity index (χ2v) is 14.2. The Morgan fingerprint density at radius 1 is 1.13 bits per heavy atom. The minimum absolute atomic E-state index is 0.0748. The number of nitriles is 1. The van der Waals surface area contributed by atoms with Gasteiger partial charge in [-0.3, -0.25) is 24.4 Å². The van der Waals surface area contributed by atoms with E-state index in [1.807, 2.05) is 0 Å². The zero-order valence-electron chi connectivity index (χ0n) is 23.7. The first-order valence-corrected chi connectivity index (χ1v) is 15.8. The number of alkyl halides is 2. The second-order valence-electron chi connectivity index (χ2n) is 11.8. The van der Waals surface area contributed by atoms with Gasteiger partial charge in [0.05, 0.1) is 23.9 Å². The van der Waals surface area contributed by atoms with Crippen LogP contribution in [0, 0.1) is 11.5 Å². The van der Waals surface area contributed by atoms with Crippen molar-refractivity contribution >= 4 is 38.6 Å². The lowest BCUT2D eigenvalue weighted by Gasteiger charge is -2.41. The highest BCUT2D eigenvalue weighted by atomic mass is 32.5. The molecule has 1 aliphatic heterocycles. The molecule has 2 fully saturated rings. The summed E-state index contributed by atoms with van der Waals surface area (Å²) >= 11 is 0. The van der Waals surface area contributed by atoms with Crippen LogP contribution in [0.3, 0.4) is 0 Å². The molecule has 9 nitrogen and oxygen atoms in total. The number of β-amino-alcohol motifs (C(OH)–C–C–N with tert-alkyl or cyclic N) is 1. The average Bonchev–Trinajstić information content (AvgIpc) is 3.55. The fraction of sp³-hybridized carbons (Fsp3) is 0.429. The van der Waals surface area contributed by atoms with Gasteiger partial charge in [-0.05, 0) is 50.1 Å². The first-order chi connectivity index (χ1) is 20.7. The molecule has 2 amide bonds. The van der Waals surface area contributed by atoms with Crippen LogP contribution in [0.1, 0.15) is 50.6 Å². The summed E-state index contributed by atoms with van der Waals surface area (Å²) in [4.78, 5) is 35.0.